The van der Waals surface area contributed by atoms with Gasteiger partial charge in [-0.25, -0.2) is 4.98 Å². The number of halogens is 1. The normalized spacial score (nSPS) is 11.5. The van der Waals surface area contributed by atoms with Gasteiger partial charge in [-0.2, -0.15) is 13.4 Å². The van der Waals surface area contributed by atoms with E-state index in [4.69, 9.17) is 16.2 Å². The second kappa shape index (κ2) is 5.53. The summed E-state index contributed by atoms with van der Waals surface area (Å²) in [5.41, 5.74) is 1.12. The number of benzene rings is 2. The van der Waals surface area contributed by atoms with E-state index in [-0.39, 0.29) is 10.2 Å². The summed E-state index contributed by atoms with van der Waals surface area (Å²) in [6.07, 6.45) is 0. The van der Waals surface area contributed by atoms with Crippen molar-refractivity contribution in [1.29, 1.82) is 0 Å². The predicted molar refractivity (Wildman–Crippen MR) is 84.1 cm³/mol. The number of hydrogen-bond donors (Lipinski definition) is 2. The van der Waals surface area contributed by atoms with Gasteiger partial charge >= 0.3 is 0 Å². The molecular weight excluding hydrogens is 326 g/mol. The smallest absolute Gasteiger partial charge is 0.294 e. The molecule has 0 amide bonds. The minimum atomic E-state index is -4.27. The molecule has 0 saturated heterocycles. The molecule has 0 aliphatic carbocycles. The Labute approximate surface area is 131 Å². The van der Waals surface area contributed by atoms with Gasteiger partial charge in [0, 0.05) is 11.1 Å². The fourth-order valence-electron chi connectivity index (χ4n) is 2.01. The average molecular weight is 336 g/mol. The first-order valence-corrected chi connectivity index (χ1v) is 8.02. The zero-order chi connectivity index (χ0) is 15.7. The number of rotatable bonds is 3. The van der Waals surface area contributed by atoms with Crippen LogP contribution in [0.5, 0.6) is 0 Å². The number of fused-ring (bicyclic) bond motifs is 1. The van der Waals surface area contributed by atoms with E-state index in [1.165, 1.54) is 18.2 Å². The van der Waals surface area contributed by atoms with Crippen molar-refractivity contribution in [2.45, 2.75) is 4.90 Å². The van der Waals surface area contributed by atoms with E-state index in [1.54, 1.807) is 12.1 Å². The third kappa shape index (κ3) is 3.01. The van der Waals surface area contributed by atoms with Gasteiger partial charge in [0.15, 0.2) is 0 Å². The third-order valence-corrected chi connectivity index (χ3v) is 3.99. The molecule has 0 spiro atoms. The lowest BCUT2D eigenvalue weighted by atomic mass is 10.2. The molecule has 0 radical (unpaired) electrons. The van der Waals surface area contributed by atoms with E-state index in [0.717, 1.165) is 5.39 Å². The molecular formula is C14H10ClN3O3S. The van der Waals surface area contributed by atoms with Gasteiger partial charge in [0.25, 0.3) is 10.1 Å². The van der Waals surface area contributed by atoms with Gasteiger partial charge in [0.2, 0.25) is 5.28 Å². The molecule has 1 aromatic heterocycles. The molecule has 8 heteroatoms. The van der Waals surface area contributed by atoms with Gasteiger partial charge in [-0.1, -0.05) is 18.2 Å². The van der Waals surface area contributed by atoms with Crippen molar-refractivity contribution in [2.24, 2.45) is 0 Å². The number of anilines is 2. The molecule has 0 aliphatic rings. The standard InChI is InChI=1S/C14H10ClN3O3S/c15-14-17-12-7-2-1-6-11(12)13(18-14)16-9-4-3-5-10(8-9)22(19,20)21/h1-8H,(H,16,17,18)(H,19,20,21). The Morgan fingerprint density at radius 1 is 1.05 bits per heavy atom. The molecule has 0 fully saturated rings. The molecule has 6 nitrogen and oxygen atoms in total. The van der Waals surface area contributed by atoms with Crippen LogP contribution >= 0.6 is 11.6 Å². The highest BCUT2D eigenvalue weighted by Crippen LogP contribution is 2.26. The van der Waals surface area contributed by atoms with E-state index >= 15 is 0 Å². The van der Waals surface area contributed by atoms with E-state index in [0.29, 0.717) is 17.0 Å². The van der Waals surface area contributed by atoms with E-state index < -0.39 is 10.1 Å². The molecule has 0 atom stereocenters. The lowest BCUT2D eigenvalue weighted by molar-refractivity contribution is 0.483. The van der Waals surface area contributed by atoms with Crippen LogP contribution in [0.15, 0.2) is 53.4 Å². The van der Waals surface area contributed by atoms with Crippen LogP contribution in [0.2, 0.25) is 5.28 Å². The Bertz CT molecular complexity index is 960. The fraction of sp³-hybridized carbons (Fsp3) is 0. The summed E-state index contributed by atoms with van der Waals surface area (Å²) >= 11 is 5.90. The first-order chi connectivity index (χ1) is 10.4. The summed E-state index contributed by atoms with van der Waals surface area (Å²) in [6.45, 7) is 0. The Kier molecular flexibility index (Phi) is 3.69. The summed E-state index contributed by atoms with van der Waals surface area (Å²) in [4.78, 5) is 8.03. The highest BCUT2D eigenvalue weighted by atomic mass is 35.5. The molecule has 0 aliphatic heterocycles. The quantitative estimate of drug-likeness (QED) is 0.563. The van der Waals surface area contributed by atoms with Gasteiger partial charge in [0.05, 0.1) is 10.4 Å². The summed E-state index contributed by atoms with van der Waals surface area (Å²) in [7, 11) is -4.27. The maximum Gasteiger partial charge on any atom is 0.294 e. The lowest BCUT2D eigenvalue weighted by Crippen LogP contribution is -2.01. The maximum atomic E-state index is 11.2. The van der Waals surface area contributed by atoms with Crippen LogP contribution in [0.4, 0.5) is 11.5 Å². The highest BCUT2D eigenvalue weighted by Gasteiger charge is 2.11. The van der Waals surface area contributed by atoms with E-state index in [2.05, 4.69) is 15.3 Å². The zero-order valence-corrected chi connectivity index (χ0v) is 12.6. The molecule has 3 rings (SSSR count). The van der Waals surface area contributed by atoms with Gasteiger partial charge < -0.3 is 5.32 Å². The van der Waals surface area contributed by atoms with Crippen LogP contribution in [-0.2, 0) is 10.1 Å². The highest BCUT2D eigenvalue weighted by molar-refractivity contribution is 7.85. The molecule has 22 heavy (non-hydrogen) atoms. The summed E-state index contributed by atoms with van der Waals surface area (Å²) < 4.78 is 31.5. The van der Waals surface area contributed by atoms with Crippen molar-refractivity contribution in [3.8, 4) is 0 Å². The first kappa shape index (κ1) is 14.7. The van der Waals surface area contributed by atoms with Crippen LogP contribution in [0.25, 0.3) is 10.9 Å². The van der Waals surface area contributed by atoms with Crippen LogP contribution in [0.3, 0.4) is 0 Å². The van der Waals surface area contributed by atoms with Crippen LogP contribution < -0.4 is 5.32 Å². The van der Waals surface area contributed by atoms with Crippen molar-refractivity contribution in [3.05, 3.63) is 53.8 Å². The van der Waals surface area contributed by atoms with Gasteiger partial charge in [-0.3, -0.25) is 4.55 Å². The van der Waals surface area contributed by atoms with Crippen molar-refractivity contribution in [2.75, 3.05) is 5.32 Å². The number of para-hydroxylation sites is 1. The van der Waals surface area contributed by atoms with Gasteiger partial charge in [0.1, 0.15) is 5.82 Å². The molecule has 0 unspecified atom stereocenters. The molecule has 0 saturated carbocycles. The Morgan fingerprint density at radius 3 is 2.59 bits per heavy atom. The molecule has 0 bridgehead atoms. The van der Waals surface area contributed by atoms with E-state index in [1.807, 2.05) is 18.2 Å². The molecule has 3 aromatic rings. The largest absolute Gasteiger partial charge is 0.340 e. The second-order valence-electron chi connectivity index (χ2n) is 4.49. The average Bonchev–Trinajstić information content (AvgIpc) is 2.46. The van der Waals surface area contributed by atoms with Crippen LogP contribution in [0.1, 0.15) is 0 Å². The third-order valence-electron chi connectivity index (χ3n) is 2.97. The number of hydrogen-bond acceptors (Lipinski definition) is 5. The number of aromatic nitrogens is 2. The zero-order valence-electron chi connectivity index (χ0n) is 11.1. The summed E-state index contributed by atoms with van der Waals surface area (Å²) in [5.74, 6) is 0.447. The lowest BCUT2D eigenvalue weighted by Gasteiger charge is -2.09. The molecule has 112 valence electrons. The molecule has 2 N–H and O–H groups in total. The van der Waals surface area contributed by atoms with Gasteiger partial charge in [-0.05, 0) is 41.9 Å². The monoisotopic (exact) mass is 335 g/mol. The molecule has 1 heterocycles. The Hall–Kier alpha value is -2.22. The van der Waals surface area contributed by atoms with Crippen molar-refractivity contribution < 1.29 is 13.0 Å². The van der Waals surface area contributed by atoms with Crippen LogP contribution in [-0.4, -0.2) is 22.9 Å². The SMILES string of the molecule is O=S(=O)(O)c1cccc(Nc2nc(Cl)nc3ccccc23)c1. The summed E-state index contributed by atoms with van der Waals surface area (Å²) in [5, 5.41) is 3.81. The topological polar surface area (TPSA) is 92.2 Å². The van der Waals surface area contributed by atoms with E-state index in [9.17, 15) is 8.42 Å². The Balaban J connectivity index is 2.07. The van der Waals surface area contributed by atoms with Crippen molar-refractivity contribution in [3.63, 3.8) is 0 Å². The number of nitrogens with zero attached hydrogens (tertiary/aromatic N) is 2. The maximum absolute atomic E-state index is 11.2. The van der Waals surface area contributed by atoms with Gasteiger partial charge in [-0.15, -0.1) is 0 Å². The van der Waals surface area contributed by atoms with Crippen molar-refractivity contribution >= 4 is 44.1 Å². The Morgan fingerprint density at radius 2 is 1.82 bits per heavy atom. The minimum Gasteiger partial charge on any atom is -0.340 e. The first-order valence-electron chi connectivity index (χ1n) is 6.20. The fourth-order valence-corrected chi connectivity index (χ4v) is 2.72. The number of nitrogens with one attached hydrogen (secondary N) is 1. The molecule has 2 aromatic carbocycles. The van der Waals surface area contributed by atoms with Crippen LogP contribution in [0, 0.1) is 0 Å². The summed E-state index contributed by atoms with van der Waals surface area (Å²) in [6, 6.07) is 13.0. The van der Waals surface area contributed by atoms with Crippen molar-refractivity contribution in [1.82, 2.24) is 9.97 Å². The predicted octanol–water partition coefficient (Wildman–Crippen LogP) is 3.27. The minimum absolute atomic E-state index is 0.0761. The second-order valence-corrected chi connectivity index (χ2v) is 6.25.